The Hall–Kier alpha value is -1.84. The molecule has 0 radical (unpaired) electrons. The zero-order chi connectivity index (χ0) is 15.5. The van der Waals surface area contributed by atoms with Gasteiger partial charge < -0.3 is 11.1 Å². The summed E-state index contributed by atoms with van der Waals surface area (Å²) in [6.45, 7) is 2.20. The summed E-state index contributed by atoms with van der Waals surface area (Å²) >= 11 is 0. The molecule has 21 heavy (non-hydrogen) atoms. The van der Waals surface area contributed by atoms with E-state index in [1.807, 2.05) is 0 Å². The zero-order valence-corrected chi connectivity index (χ0v) is 12.9. The van der Waals surface area contributed by atoms with E-state index in [9.17, 15) is 9.59 Å². The first-order valence-electron chi connectivity index (χ1n) is 7.83. The highest BCUT2D eigenvalue weighted by molar-refractivity contribution is 6.02. The number of primary amides is 1. The van der Waals surface area contributed by atoms with Crippen LogP contribution in [0.15, 0.2) is 24.3 Å². The number of amides is 2. The summed E-state index contributed by atoms with van der Waals surface area (Å²) in [6.07, 6.45) is 8.72. The lowest BCUT2D eigenvalue weighted by atomic mass is 10.1. The van der Waals surface area contributed by atoms with Crippen LogP contribution in [0.1, 0.15) is 68.6 Å². The van der Waals surface area contributed by atoms with Gasteiger partial charge in [0.15, 0.2) is 0 Å². The number of carbonyl (C=O) groups excluding carboxylic acids is 2. The fourth-order valence-corrected chi connectivity index (χ4v) is 2.26. The van der Waals surface area contributed by atoms with E-state index in [-0.39, 0.29) is 5.91 Å². The molecule has 2 amide bonds. The highest BCUT2D eigenvalue weighted by Gasteiger charge is 2.09. The second kappa shape index (κ2) is 9.97. The van der Waals surface area contributed by atoms with E-state index < -0.39 is 5.91 Å². The first-order valence-corrected chi connectivity index (χ1v) is 7.83. The van der Waals surface area contributed by atoms with Crippen molar-refractivity contribution in [3.05, 3.63) is 29.8 Å². The van der Waals surface area contributed by atoms with E-state index in [2.05, 4.69) is 12.2 Å². The Kier molecular flexibility index (Phi) is 8.17. The second-order valence-corrected chi connectivity index (χ2v) is 5.33. The van der Waals surface area contributed by atoms with Crippen molar-refractivity contribution in [2.45, 2.75) is 58.3 Å². The van der Waals surface area contributed by atoms with Crippen molar-refractivity contribution in [2.75, 3.05) is 5.32 Å². The van der Waals surface area contributed by atoms with E-state index in [0.717, 1.165) is 12.8 Å². The molecule has 0 aromatic heterocycles. The number of anilines is 1. The third-order valence-corrected chi connectivity index (χ3v) is 3.47. The maximum Gasteiger partial charge on any atom is 0.250 e. The van der Waals surface area contributed by atoms with Crippen LogP contribution in [0.4, 0.5) is 5.69 Å². The number of hydrogen-bond acceptors (Lipinski definition) is 2. The van der Waals surface area contributed by atoms with Crippen LogP contribution in [0.25, 0.3) is 0 Å². The lowest BCUT2D eigenvalue weighted by Crippen LogP contribution is -2.17. The lowest BCUT2D eigenvalue weighted by Gasteiger charge is -2.08. The van der Waals surface area contributed by atoms with Crippen LogP contribution >= 0.6 is 0 Å². The number of para-hydroxylation sites is 1. The van der Waals surface area contributed by atoms with Crippen LogP contribution in [-0.4, -0.2) is 11.8 Å². The molecule has 0 heterocycles. The highest BCUT2D eigenvalue weighted by Crippen LogP contribution is 2.15. The molecule has 116 valence electrons. The third kappa shape index (κ3) is 6.93. The standard InChI is InChI=1S/C17H26N2O2/c1-2-3-4-5-6-7-8-13-16(20)19-15-12-10-9-11-14(15)17(18)21/h9-12H,2-8,13H2,1H3,(H2,18,21)(H,19,20). The van der Waals surface area contributed by atoms with Crippen LogP contribution in [0.3, 0.4) is 0 Å². The average molecular weight is 290 g/mol. The molecule has 0 unspecified atom stereocenters. The Labute approximate surface area is 127 Å². The Balaban J connectivity index is 2.27. The number of benzene rings is 1. The highest BCUT2D eigenvalue weighted by atomic mass is 16.2. The Bertz CT molecular complexity index is 458. The molecule has 0 saturated heterocycles. The van der Waals surface area contributed by atoms with Crippen LogP contribution in [0.5, 0.6) is 0 Å². The maximum atomic E-state index is 11.9. The first kappa shape index (κ1) is 17.2. The molecule has 0 atom stereocenters. The first-order chi connectivity index (χ1) is 10.1. The average Bonchev–Trinajstić information content (AvgIpc) is 2.46. The van der Waals surface area contributed by atoms with Crippen LogP contribution in [0, 0.1) is 0 Å². The Morgan fingerprint density at radius 2 is 1.62 bits per heavy atom. The fourth-order valence-electron chi connectivity index (χ4n) is 2.26. The molecule has 1 aromatic rings. The number of carbonyl (C=O) groups is 2. The topological polar surface area (TPSA) is 72.2 Å². The summed E-state index contributed by atoms with van der Waals surface area (Å²) in [5.41, 5.74) is 6.13. The van der Waals surface area contributed by atoms with E-state index in [1.165, 1.54) is 32.1 Å². The van der Waals surface area contributed by atoms with Gasteiger partial charge in [-0.3, -0.25) is 9.59 Å². The van der Waals surface area contributed by atoms with Gasteiger partial charge in [0.2, 0.25) is 5.91 Å². The van der Waals surface area contributed by atoms with E-state index in [0.29, 0.717) is 17.7 Å². The third-order valence-electron chi connectivity index (χ3n) is 3.47. The predicted octanol–water partition coefficient (Wildman–Crippen LogP) is 3.86. The summed E-state index contributed by atoms with van der Waals surface area (Å²) in [5, 5.41) is 2.76. The van der Waals surface area contributed by atoms with Crippen molar-refractivity contribution in [3.63, 3.8) is 0 Å². The van der Waals surface area contributed by atoms with Gasteiger partial charge in [0, 0.05) is 6.42 Å². The fraction of sp³-hybridized carbons (Fsp3) is 0.529. The van der Waals surface area contributed by atoms with Crippen molar-refractivity contribution in [1.82, 2.24) is 0 Å². The summed E-state index contributed by atoms with van der Waals surface area (Å²) in [5.74, 6) is -0.584. The van der Waals surface area contributed by atoms with Gasteiger partial charge in [0.25, 0.3) is 5.91 Å². The molecule has 0 aliphatic carbocycles. The van der Waals surface area contributed by atoms with Crippen LogP contribution in [-0.2, 0) is 4.79 Å². The molecule has 0 bridgehead atoms. The van der Waals surface area contributed by atoms with Gasteiger partial charge in [-0.25, -0.2) is 0 Å². The SMILES string of the molecule is CCCCCCCCCC(=O)Nc1ccccc1C(N)=O. The summed E-state index contributed by atoms with van der Waals surface area (Å²) in [4.78, 5) is 23.1. The molecule has 0 spiro atoms. The molecule has 0 fully saturated rings. The smallest absolute Gasteiger partial charge is 0.250 e. The monoisotopic (exact) mass is 290 g/mol. The van der Waals surface area contributed by atoms with Crippen molar-refractivity contribution < 1.29 is 9.59 Å². The molecule has 4 heteroatoms. The van der Waals surface area contributed by atoms with Gasteiger partial charge in [-0.2, -0.15) is 0 Å². The van der Waals surface area contributed by atoms with Gasteiger partial charge in [0.05, 0.1) is 11.3 Å². The molecule has 0 saturated carbocycles. The molecule has 1 rings (SSSR count). The predicted molar refractivity (Wildman–Crippen MR) is 86.2 cm³/mol. The van der Waals surface area contributed by atoms with E-state index in [4.69, 9.17) is 5.73 Å². The normalized spacial score (nSPS) is 10.3. The quantitative estimate of drug-likeness (QED) is 0.642. The Morgan fingerprint density at radius 3 is 2.29 bits per heavy atom. The minimum Gasteiger partial charge on any atom is -0.366 e. The van der Waals surface area contributed by atoms with Gasteiger partial charge in [-0.15, -0.1) is 0 Å². The van der Waals surface area contributed by atoms with Crippen molar-refractivity contribution >= 4 is 17.5 Å². The lowest BCUT2D eigenvalue weighted by molar-refractivity contribution is -0.116. The summed E-state index contributed by atoms with van der Waals surface area (Å²) in [7, 11) is 0. The number of hydrogen-bond donors (Lipinski definition) is 2. The largest absolute Gasteiger partial charge is 0.366 e. The summed E-state index contributed by atoms with van der Waals surface area (Å²) in [6, 6.07) is 6.82. The van der Waals surface area contributed by atoms with Crippen molar-refractivity contribution in [2.24, 2.45) is 5.73 Å². The summed E-state index contributed by atoms with van der Waals surface area (Å²) < 4.78 is 0. The zero-order valence-electron chi connectivity index (χ0n) is 12.9. The molecule has 4 nitrogen and oxygen atoms in total. The van der Waals surface area contributed by atoms with Gasteiger partial charge >= 0.3 is 0 Å². The van der Waals surface area contributed by atoms with Gasteiger partial charge in [-0.05, 0) is 18.6 Å². The molecular weight excluding hydrogens is 264 g/mol. The van der Waals surface area contributed by atoms with E-state index >= 15 is 0 Å². The maximum absolute atomic E-state index is 11.9. The number of unbranched alkanes of at least 4 members (excludes halogenated alkanes) is 6. The molecule has 1 aromatic carbocycles. The second-order valence-electron chi connectivity index (χ2n) is 5.33. The van der Waals surface area contributed by atoms with Crippen molar-refractivity contribution in [1.29, 1.82) is 0 Å². The molecule has 0 aliphatic rings. The Morgan fingerprint density at radius 1 is 1.00 bits per heavy atom. The molecular formula is C17H26N2O2. The number of nitrogens with two attached hydrogens (primary N) is 1. The number of rotatable bonds is 10. The number of nitrogens with one attached hydrogen (secondary N) is 1. The minimum absolute atomic E-state index is 0.0581. The molecule has 3 N–H and O–H groups in total. The van der Waals surface area contributed by atoms with E-state index in [1.54, 1.807) is 24.3 Å². The molecule has 0 aliphatic heterocycles. The van der Waals surface area contributed by atoms with Crippen LogP contribution < -0.4 is 11.1 Å². The minimum atomic E-state index is -0.526. The van der Waals surface area contributed by atoms with Crippen LogP contribution in [0.2, 0.25) is 0 Å². The van der Waals surface area contributed by atoms with Gasteiger partial charge in [0.1, 0.15) is 0 Å². The van der Waals surface area contributed by atoms with Crippen molar-refractivity contribution in [3.8, 4) is 0 Å². The van der Waals surface area contributed by atoms with Gasteiger partial charge in [-0.1, -0.05) is 57.6 Å².